The van der Waals surface area contributed by atoms with Crippen LogP contribution in [0, 0.1) is 12.3 Å². The highest BCUT2D eigenvalue weighted by molar-refractivity contribution is 6.31. The molecule has 0 bridgehead atoms. The Morgan fingerprint density at radius 2 is 1.64 bits per heavy atom. The van der Waals surface area contributed by atoms with E-state index >= 15 is 0 Å². The second kappa shape index (κ2) is 3.42. The summed E-state index contributed by atoms with van der Waals surface area (Å²) >= 11 is 0. The van der Waals surface area contributed by atoms with E-state index < -0.39 is 5.60 Å². The molecule has 0 heterocycles. The summed E-state index contributed by atoms with van der Waals surface area (Å²) in [5.74, 6) is 2.60. The molecule has 0 aromatic carbocycles. The molecule has 0 spiro atoms. The van der Waals surface area contributed by atoms with Gasteiger partial charge in [0, 0.05) is 0 Å². The minimum atomic E-state index is -0.411. The van der Waals surface area contributed by atoms with Crippen LogP contribution in [0.5, 0.6) is 0 Å². The van der Waals surface area contributed by atoms with Crippen molar-refractivity contribution in [3.8, 4) is 12.3 Å². The maximum absolute atomic E-state index is 5.53. The van der Waals surface area contributed by atoms with Crippen molar-refractivity contribution in [2.45, 2.75) is 45.3 Å². The van der Waals surface area contributed by atoms with Gasteiger partial charge in [0.1, 0.15) is 5.60 Å². The minimum Gasteiger partial charge on any atom is -0.401 e. The molecule has 2 radical (unpaired) electrons. The highest BCUT2D eigenvalue weighted by Crippen LogP contribution is 2.22. The zero-order valence-corrected chi connectivity index (χ0v) is 8.99. The van der Waals surface area contributed by atoms with Crippen molar-refractivity contribution < 1.29 is 4.43 Å². The quantitative estimate of drug-likeness (QED) is 0.454. The molecule has 0 atom stereocenters. The highest BCUT2D eigenvalue weighted by Gasteiger charge is 2.20. The first-order chi connectivity index (χ1) is 4.77. The van der Waals surface area contributed by atoms with E-state index in [0.29, 0.717) is 9.76 Å². The molecule has 62 valence electrons. The lowest BCUT2D eigenvalue weighted by molar-refractivity contribution is 0.174. The van der Waals surface area contributed by atoms with Gasteiger partial charge < -0.3 is 4.43 Å². The Balaban J connectivity index is 3.83. The summed E-state index contributed by atoms with van der Waals surface area (Å²) in [6.45, 7) is 10.2. The third kappa shape index (κ3) is 6.15. The normalized spacial score (nSPS) is 12.7. The molecule has 1 nitrogen and oxygen atoms in total. The summed E-state index contributed by atoms with van der Waals surface area (Å²) in [6.07, 6.45) is 5.27. The van der Waals surface area contributed by atoms with Crippen LogP contribution < -0.4 is 0 Å². The maximum Gasteiger partial charge on any atom is 0.237 e. The predicted molar refractivity (Wildman–Crippen MR) is 49.5 cm³/mol. The van der Waals surface area contributed by atoms with Gasteiger partial charge in [0.25, 0.3) is 0 Å². The standard InChI is InChI=1S/C9H16OSi/c1-7-9(5,6)10-11-8(2,3)4/h1H,2-6H3. The third-order valence-corrected chi connectivity index (χ3v) is 2.18. The van der Waals surface area contributed by atoms with Crippen LogP contribution in [0.1, 0.15) is 34.6 Å². The van der Waals surface area contributed by atoms with Crippen molar-refractivity contribution in [2.24, 2.45) is 0 Å². The Morgan fingerprint density at radius 3 is 1.91 bits per heavy atom. The van der Waals surface area contributed by atoms with Crippen molar-refractivity contribution in [1.82, 2.24) is 0 Å². The molecule has 0 saturated carbocycles. The molecule has 0 saturated heterocycles. The van der Waals surface area contributed by atoms with Crippen molar-refractivity contribution >= 4 is 9.76 Å². The topological polar surface area (TPSA) is 9.23 Å². The first-order valence-corrected chi connectivity index (χ1v) is 4.61. The second-order valence-electron chi connectivity index (χ2n) is 4.11. The van der Waals surface area contributed by atoms with Gasteiger partial charge in [0.15, 0.2) is 0 Å². The Morgan fingerprint density at radius 1 is 1.18 bits per heavy atom. The van der Waals surface area contributed by atoms with Crippen LogP contribution in [-0.4, -0.2) is 15.4 Å². The van der Waals surface area contributed by atoms with Crippen LogP contribution in [0.15, 0.2) is 0 Å². The molecule has 2 heteroatoms. The maximum atomic E-state index is 5.53. The summed E-state index contributed by atoms with van der Waals surface area (Å²) in [5.41, 5.74) is -0.411. The lowest BCUT2D eigenvalue weighted by atomic mass is 10.2. The molecule has 0 amide bonds. The Bertz CT molecular complexity index is 159. The zero-order chi connectivity index (χ0) is 9.12. The van der Waals surface area contributed by atoms with E-state index in [1.165, 1.54) is 0 Å². The average Bonchev–Trinajstić information content (AvgIpc) is 1.83. The van der Waals surface area contributed by atoms with Crippen LogP contribution in [0.2, 0.25) is 5.04 Å². The summed E-state index contributed by atoms with van der Waals surface area (Å²) < 4.78 is 5.53. The zero-order valence-electron chi connectivity index (χ0n) is 7.99. The van der Waals surface area contributed by atoms with Gasteiger partial charge in [-0.2, -0.15) is 0 Å². The summed E-state index contributed by atoms with van der Waals surface area (Å²) in [6, 6.07) is 0. The van der Waals surface area contributed by atoms with Gasteiger partial charge in [-0.3, -0.25) is 0 Å². The van der Waals surface area contributed by atoms with Gasteiger partial charge in [-0.25, -0.2) is 0 Å². The van der Waals surface area contributed by atoms with Gasteiger partial charge in [0.2, 0.25) is 9.76 Å². The fourth-order valence-electron chi connectivity index (χ4n) is 0.310. The molecular formula is C9H16OSi. The number of hydrogen-bond donors (Lipinski definition) is 0. The molecule has 0 aromatic rings. The van der Waals surface area contributed by atoms with E-state index in [2.05, 4.69) is 26.7 Å². The first kappa shape index (κ1) is 10.7. The number of terminal acetylenes is 1. The largest absolute Gasteiger partial charge is 0.401 e. The van der Waals surface area contributed by atoms with Crippen LogP contribution in [0.25, 0.3) is 0 Å². The summed E-state index contributed by atoms with van der Waals surface area (Å²) in [5, 5.41) is 0.216. The van der Waals surface area contributed by atoms with Crippen molar-refractivity contribution in [1.29, 1.82) is 0 Å². The Hall–Kier alpha value is -0.263. The van der Waals surface area contributed by atoms with E-state index in [0.717, 1.165) is 0 Å². The molecule has 0 rings (SSSR count). The smallest absolute Gasteiger partial charge is 0.237 e. The summed E-state index contributed by atoms with van der Waals surface area (Å²) in [4.78, 5) is 0. The van der Waals surface area contributed by atoms with E-state index in [9.17, 15) is 0 Å². The van der Waals surface area contributed by atoms with Crippen LogP contribution in [-0.2, 0) is 4.43 Å². The molecule has 0 aliphatic carbocycles. The predicted octanol–water partition coefficient (Wildman–Crippen LogP) is 2.25. The van der Waals surface area contributed by atoms with Crippen molar-refractivity contribution in [3.63, 3.8) is 0 Å². The summed E-state index contributed by atoms with van der Waals surface area (Å²) in [7, 11) is 0.457. The first-order valence-electron chi connectivity index (χ1n) is 3.70. The van der Waals surface area contributed by atoms with Crippen LogP contribution in [0.4, 0.5) is 0 Å². The molecular weight excluding hydrogens is 152 g/mol. The van der Waals surface area contributed by atoms with E-state index in [-0.39, 0.29) is 5.04 Å². The molecule has 0 unspecified atom stereocenters. The molecule has 0 N–H and O–H groups in total. The number of hydrogen-bond acceptors (Lipinski definition) is 1. The van der Waals surface area contributed by atoms with E-state index in [1.807, 2.05) is 13.8 Å². The Labute approximate surface area is 72.5 Å². The fraction of sp³-hybridized carbons (Fsp3) is 0.778. The minimum absolute atomic E-state index is 0.216. The van der Waals surface area contributed by atoms with Crippen molar-refractivity contribution in [3.05, 3.63) is 0 Å². The average molecular weight is 168 g/mol. The number of rotatable bonds is 2. The lowest BCUT2D eigenvalue weighted by Crippen LogP contribution is -2.27. The lowest BCUT2D eigenvalue weighted by Gasteiger charge is -2.24. The molecule has 0 aromatic heterocycles. The SMILES string of the molecule is C#CC(C)(C)O[Si]C(C)(C)C. The third-order valence-electron chi connectivity index (χ3n) is 0.960. The fourth-order valence-corrected chi connectivity index (χ4v) is 0.930. The van der Waals surface area contributed by atoms with Gasteiger partial charge in [-0.05, 0) is 18.9 Å². The van der Waals surface area contributed by atoms with E-state index in [1.54, 1.807) is 0 Å². The van der Waals surface area contributed by atoms with Crippen LogP contribution in [0.3, 0.4) is 0 Å². The van der Waals surface area contributed by atoms with Crippen molar-refractivity contribution in [2.75, 3.05) is 0 Å². The highest BCUT2D eigenvalue weighted by atomic mass is 28.2. The molecule has 0 aliphatic heterocycles. The van der Waals surface area contributed by atoms with Gasteiger partial charge in [-0.1, -0.05) is 26.7 Å². The van der Waals surface area contributed by atoms with Crippen LogP contribution >= 0.6 is 0 Å². The molecule has 0 aliphatic rings. The van der Waals surface area contributed by atoms with E-state index in [4.69, 9.17) is 10.8 Å². The van der Waals surface area contributed by atoms with Gasteiger partial charge >= 0.3 is 0 Å². The molecule has 0 fully saturated rings. The monoisotopic (exact) mass is 168 g/mol. The molecule has 11 heavy (non-hydrogen) atoms. The van der Waals surface area contributed by atoms with Gasteiger partial charge in [0.05, 0.1) is 0 Å². The van der Waals surface area contributed by atoms with Gasteiger partial charge in [-0.15, -0.1) is 6.42 Å². The second-order valence-corrected chi connectivity index (χ2v) is 6.02. The Kier molecular flexibility index (Phi) is 3.34.